The average molecular weight is 365 g/mol. The Bertz CT molecular complexity index is 739. The molecule has 1 fully saturated rings. The number of thiazole rings is 1. The zero-order valence-electron chi connectivity index (χ0n) is 13.9. The predicted octanol–water partition coefficient (Wildman–Crippen LogP) is 2.17. The standard InChI is InChI=1S/C17H20FN3O3S/c1-20(10-16(22)23)8-12-9-21(6-7-24-12)17-19-15(11-25-17)13-4-2-3-5-14(13)18/h2-5,11-12H,6-10H2,1H3,(H,22,23). The van der Waals surface area contributed by atoms with Gasteiger partial charge in [0.2, 0.25) is 0 Å². The average Bonchev–Trinajstić information content (AvgIpc) is 3.04. The Labute approximate surface area is 149 Å². The topological polar surface area (TPSA) is 65.9 Å². The van der Waals surface area contributed by atoms with Gasteiger partial charge in [0.25, 0.3) is 0 Å². The molecule has 8 heteroatoms. The van der Waals surface area contributed by atoms with Crippen LogP contribution in [-0.4, -0.2) is 66.9 Å². The highest BCUT2D eigenvalue weighted by molar-refractivity contribution is 7.14. The minimum absolute atomic E-state index is 0.0193. The number of carboxylic acid groups (broad SMARTS) is 1. The molecule has 1 aliphatic heterocycles. The summed E-state index contributed by atoms with van der Waals surface area (Å²) in [5.41, 5.74) is 1.13. The van der Waals surface area contributed by atoms with Gasteiger partial charge in [0, 0.05) is 30.6 Å². The molecule has 1 unspecified atom stereocenters. The SMILES string of the molecule is CN(CC(=O)O)CC1CN(c2nc(-c3ccccc3F)cs2)CCO1. The third kappa shape index (κ3) is 4.53. The van der Waals surface area contributed by atoms with Crippen LogP contribution in [0.25, 0.3) is 11.3 Å². The van der Waals surface area contributed by atoms with Crippen molar-refractivity contribution >= 4 is 22.4 Å². The Hall–Kier alpha value is -2.03. The molecule has 1 saturated heterocycles. The van der Waals surface area contributed by atoms with Crippen LogP contribution >= 0.6 is 11.3 Å². The van der Waals surface area contributed by atoms with Gasteiger partial charge in [0.05, 0.1) is 24.9 Å². The fourth-order valence-electron chi connectivity index (χ4n) is 2.85. The number of anilines is 1. The smallest absolute Gasteiger partial charge is 0.317 e. The first-order chi connectivity index (χ1) is 12.0. The molecule has 1 atom stereocenters. The van der Waals surface area contributed by atoms with E-state index >= 15 is 0 Å². The molecule has 1 aliphatic rings. The molecule has 0 bridgehead atoms. The van der Waals surface area contributed by atoms with E-state index in [1.807, 2.05) is 5.38 Å². The van der Waals surface area contributed by atoms with Crippen molar-refractivity contribution in [3.8, 4) is 11.3 Å². The maximum Gasteiger partial charge on any atom is 0.317 e. The predicted molar refractivity (Wildman–Crippen MR) is 94.6 cm³/mol. The number of benzene rings is 1. The number of aliphatic carboxylic acids is 1. The van der Waals surface area contributed by atoms with Crippen LogP contribution in [0.1, 0.15) is 0 Å². The first kappa shape index (κ1) is 17.8. The molecule has 0 amide bonds. The summed E-state index contributed by atoms with van der Waals surface area (Å²) in [6.45, 7) is 2.42. The Morgan fingerprint density at radius 2 is 2.32 bits per heavy atom. The monoisotopic (exact) mass is 365 g/mol. The third-order valence-electron chi connectivity index (χ3n) is 3.97. The van der Waals surface area contributed by atoms with Gasteiger partial charge in [-0.25, -0.2) is 9.37 Å². The van der Waals surface area contributed by atoms with Gasteiger partial charge in [-0.05, 0) is 19.2 Å². The lowest BCUT2D eigenvalue weighted by Gasteiger charge is -2.34. The quantitative estimate of drug-likeness (QED) is 0.846. The van der Waals surface area contributed by atoms with E-state index in [0.29, 0.717) is 37.5 Å². The molecule has 0 aliphatic carbocycles. The molecule has 6 nitrogen and oxygen atoms in total. The minimum atomic E-state index is -0.857. The van der Waals surface area contributed by atoms with Gasteiger partial charge in [-0.2, -0.15) is 0 Å². The summed E-state index contributed by atoms with van der Waals surface area (Å²) in [7, 11) is 1.76. The van der Waals surface area contributed by atoms with Crippen molar-refractivity contribution in [3.05, 3.63) is 35.5 Å². The number of carbonyl (C=O) groups is 1. The lowest BCUT2D eigenvalue weighted by Crippen LogP contribution is -2.47. The summed E-state index contributed by atoms with van der Waals surface area (Å²) in [6.07, 6.45) is -0.0843. The van der Waals surface area contributed by atoms with Crippen molar-refractivity contribution in [2.75, 3.05) is 44.7 Å². The van der Waals surface area contributed by atoms with Crippen LogP contribution in [-0.2, 0) is 9.53 Å². The number of ether oxygens (including phenoxy) is 1. The Kier molecular flexibility index (Phi) is 5.62. The highest BCUT2D eigenvalue weighted by Gasteiger charge is 2.24. The van der Waals surface area contributed by atoms with E-state index in [-0.39, 0.29) is 18.5 Å². The number of halogens is 1. The number of carboxylic acids is 1. The molecular weight excluding hydrogens is 345 g/mol. The fraction of sp³-hybridized carbons (Fsp3) is 0.412. The molecule has 0 radical (unpaired) electrons. The first-order valence-electron chi connectivity index (χ1n) is 8.00. The highest BCUT2D eigenvalue weighted by atomic mass is 32.1. The van der Waals surface area contributed by atoms with E-state index in [1.54, 1.807) is 30.1 Å². The van der Waals surface area contributed by atoms with Crippen molar-refractivity contribution in [1.82, 2.24) is 9.88 Å². The second-order valence-corrected chi connectivity index (χ2v) is 6.86. The summed E-state index contributed by atoms with van der Waals surface area (Å²) in [6, 6.07) is 6.60. The van der Waals surface area contributed by atoms with Crippen molar-refractivity contribution in [3.63, 3.8) is 0 Å². The number of rotatable bonds is 6. The molecular formula is C17H20FN3O3S. The van der Waals surface area contributed by atoms with Crippen molar-refractivity contribution in [2.24, 2.45) is 0 Å². The van der Waals surface area contributed by atoms with E-state index in [0.717, 1.165) is 5.13 Å². The molecule has 1 aromatic carbocycles. The number of hydrogen-bond donors (Lipinski definition) is 1. The number of morpholine rings is 1. The molecule has 1 aromatic heterocycles. The Balaban J connectivity index is 1.66. The van der Waals surface area contributed by atoms with Crippen molar-refractivity contribution < 1.29 is 19.0 Å². The molecule has 2 aromatic rings. The van der Waals surface area contributed by atoms with E-state index in [9.17, 15) is 9.18 Å². The van der Waals surface area contributed by atoms with Crippen molar-refractivity contribution in [2.45, 2.75) is 6.10 Å². The van der Waals surface area contributed by atoms with Crippen LogP contribution in [0.4, 0.5) is 9.52 Å². The normalized spacial score (nSPS) is 17.9. The van der Waals surface area contributed by atoms with Crippen LogP contribution in [0.3, 0.4) is 0 Å². The second-order valence-electron chi connectivity index (χ2n) is 6.02. The van der Waals surface area contributed by atoms with Gasteiger partial charge in [0.15, 0.2) is 5.13 Å². The molecule has 2 heterocycles. The maximum absolute atomic E-state index is 13.9. The van der Waals surface area contributed by atoms with Crippen LogP contribution in [0, 0.1) is 5.82 Å². The molecule has 134 valence electrons. The van der Waals surface area contributed by atoms with E-state index in [2.05, 4.69) is 9.88 Å². The summed E-state index contributed by atoms with van der Waals surface area (Å²) < 4.78 is 19.6. The fourth-order valence-corrected chi connectivity index (χ4v) is 3.71. The van der Waals surface area contributed by atoms with Gasteiger partial charge in [-0.1, -0.05) is 12.1 Å². The van der Waals surface area contributed by atoms with Crippen molar-refractivity contribution in [1.29, 1.82) is 0 Å². The molecule has 1 N–H and O–H groups in total. The Morgan fingerprint density at radius 3 is 3.08 bits per heavy atom. The van der Waals surface area contributed by atoms with Crippen LogP contribution < -0.4 is 4.90 Å². The number of nitrogens with zero attached hydrogens (tertiary/aromatic N) is 3. The summed E-state index contributed by atoms with van der Waals surface area (Å²) in [5, 5.41) is 11.5. The van der Waals surface area contributed by atoms with Gasteiger partial charge in [-0.15, -0.1) is 11.3 Å². The number of hydrogen-bond acceptors (Lipinski definition) is 6. The molecule has 3 rings (SSSR count). The van der Waals surface area contributed by atoms with Gasteiger partial charge in [0.1, 0.15) is 5.82 Å². The van der Waals surface area contributed by atoms with E-state index in [4.69, 9.17) is 9.84 Å². The lowest BCUT2D eigenvalue weighted by molar-refractivity contribution is -0.138. The first-order valence-corrected chi connectivity index (χ1v) is 8.88. The lowest BCUT2D eigenvalue weighted by atomic mass is 10.2. The number of aromatic nitrogens is 1. The minimum Gasteiger partial charge on any atom is -0.480 e. The van der Waals surface area contributed by atoms with Gasteiger partial charge >= 0.3 is 5.97 Å². The summed E-state index contributed by atoms with van der Waals surface area (Å²) >= 11 is 1.48. The third-order valence-corrected chi connectivity index (χ3v) is 4.87. The molecule has 0 spiro atoms. The summed E-state index contributed by atoms with van der Waals surface area (Å²) in [5.74, 6) is -1.14. The molecule has 0 saturated carbocycles. The Morgan fingerprint density at radius 1 is 1.52 bits per heavy atom. The van der Waals surface area contributed by atoms with E-state index in [1.165, 1.54) is 17.4 Å². The van der Waals surface area contributed by atoms with E-state index < -0.39 is 5.97 Å². The zero-order chi connectivity index (χ0) is 17.8. The molecule has 25 heavy (non-hydrogen) atoms. The van der Waals surface area contributed by atoms with Crippen LogP contribution in [0.15, 0.2) is 29.6 Å². The highest BCUT2D eigenvalue weighted by Crippen LogP contribution is 2.29. The summed E-state index contributed by atoms with van der Waals surface area (Å²) in [4.78, 5) is 19.2. The zero-order valence-corrected chi connectivity index (χ0v) is 14.7. The number of likely N-dealkylation sites (N-methyl/N-ethyl adjacent to an activating group) is 1. The largest absolute Gasteiger partial charge is 0.480 e. The van der Waals surface area contributed by atoms with Gasteiger partial charge in [-0.3, -0.25) is 9.69 Å². The van der Waals surface area contributed by atoms with Gasteiger partial charge < -0.3 is 14.7 Å². The second kappa shape index (κ2) is 7.90. The van der Waals surface area contributed by atoms with Crippen LogP contribution in [0.2, 0.25) is 0 Å². The maximum atomic E-state index is 13.9. The van der Waals surface area contributed by atoms with Crippen LogP contribution in [0.5, 0.6) is 0 Å².